The van der Waals surface area contributed by atoms with Gasteiger partial charge in [-0.05, 0) is 72.1 Å². The molecule has 0 N–H and O–H groups in total. The number of hydrogen-bond donors (Lipinski definition) is 0. The van der Waals surface area contributed by atoms with Crippen LogP contribution in [-0.2, 0) is 27.3 Å². The lowest BCUT2D eigenvalue weighted by atomic mass is 10.3. The van der Waals surface area contributed by atoms with Gasteiger partial charge in [0.05, 0.1) is 61.6 Å². The van der Waals surface area contributed by atoms with Gasteiger partial charge < -0.3 is 27.2 Å². The number of fused-ring (bicyclic) bond motifs is 2. The first-order valence-corrected chi connectivity index (χ1v) is 27.2. The zero-order chi connectivity index (χ0) is 34.4. The molecule has 0 fully saturated rings. The Morgan fingerprint density at radius 3 is 1.72 bits per heavy atom. The molecule has 0 bridgehead atoms. The minimum Gasteiger partial charge on any atom is -0.494 e. The van der Waals surface area contributed by atoms with Gasteiger partial charge in [-0.2, -0.15) is 5.26 Å². The van der Waals surface area contributed by atoms with Crippen LogP contribution in [0.4, 0.5) is 0 Å². The van der Waals surface area contributed by atoms with Gasteiger partial charge in [-0.1, -0.05) is 47.0 Å². The molecule has 3 rings (SSSR count). The number of benzene rings is 1. The van der Waals surface area contributed by atoms with Crippen LogP contribution in [0.5, 0.6) is 11.5 Å². The normalized spacial score (nSPS) is 16.5. The van der Waals surface area contributed by atoms with Gasteiger partial charge in [-0.15, -0.1) is 0 Å². The number of carbonyl (C=O) groups excluding carboxylic acids is 2. The second-order valence-corrected chi connectivity index (χ2v) is 29.5. The van der Waals surface area contributed by atoms with E-state index in [1.807, 2.05) is 6.07 Å². The maximum Gasteiger partial charge on any atom is 0.350 e. The molecule has 0 radical (unpaired) electrons. The number of ether oxygens (including phenoxy) is 4. The van der Waals surface area contributed by atoms with E-state index < -0.39 is 37.1 Å². The van der Waals surface area contributed by atoms with E-state index in [0.717, 1.165) is 6.04 Å². The maximum absolute atomic E-state index is 12.6. The summed E-state index contributed by atoms with van der Waals surface area (Å²) in [6.45, 7) is 26.9. The van der Waals surface area contributed by atoms with E-state index in [1.54, 1.807) is 13.8 Å². The standard InChI is InChI=1S/C29H40N2O8S4Si3/c1-12-35-26(32)18(17-30)28-40-22-20(34-4)23-25(43-29(42-23)19(31-3)27(33)36-13-2)21(24(22)41-28)37-15-14-16-46(11,38-44(5,6)7)39-45(8,9)10/h12-16H2,1-2,4-11H3/b28-18+,29-19+. The Bertz CT molecular complexity index is 1430. The van der Waals surface area contributed by atoms with E-state index in [-0.39, 0.29) is 24.5 Å². The number of thioether (sulfide) groups is 4. The summed E-state index contributed by atoms with van der Waals surface area (Å²) < 4.78 is 37.0. The van der Waals surface area contributed by atoms with Crippen molar-refractivity contribution >= 4 is 84.2 Å². The summed E-state index contributed by atoms with van der Waals surface area (Å²) >= 11 is 4.98. The van der Waals surface area contributed by atoms with Crippen molar-refractivity contribution in [2.75, 3.05) is 26.9 Å². The summed E-state index contributed by atoms with van der Waals surface area (Å²) in [6, 6.07) is 2.74. The predicted octanol–water partition coefficient (Wildman–Crippen LogP) is 8.58. The molecule has 0 saturated carbocycles. The molecule has 0 spiro atoms. The summed E-state index contributed by atoms with van der Waals surface area (Å²) in [5, 5.41) is 9.86. The lowest BCUT2D eigenvalue weighted by Gasteiger charge is -2.38. The summed E-state index contributed by atoms with van der Waals surface area (Å²) in [7, 11) is -4.71. The van der Waals surface area contributed by atoms with Crippen LogP contribution in [0.15, 0.2) is 39.3 Å². The van der Waals surface area contributed by atoms with Crippen molar-refractivity contribution < 1.29 is 36.8 Å². The zero-order valence-corrected chi connectivity index (χ0v) is 34.1. The summed E-state index contributed by atoms with van der Waals surface area (Å²) in [5.74, 6) is -0.328. The van der Waals surface area contributed by atoms with Crippen molar-refractivity contribution in [3.63, 3.8) is 0 Å². The quantitative estimate of drug-likeness (QED) is 0.0451. The molecule has 2 heterocycles. The topological polar surface area (TPSA) is 118 Å². The Kier molecular flexibility index (Phi) is 13.5. The smallest absolute Gasteiger partial charge is 0.350 e. The van der Waals surface area contributed by atoms with Crippen molar-refractivity contribution in [2.24, 2.45) is 0 Å². The van der Waals surface area contributed by atoms with Gasteiger partial charge in [0.1, 0.15) is 17.6 Å². The SMILES string of the molecule is [C-]#[N+]/C(C(=O)OCC)=C1\Sc2c(OC)c3c(c(OCCC[Si](C)(O[Si](C)(C)C)O[Si](C)(C)C)c2S1)S/C(=C(\C#N)C(=O)OCC)S3. The fraction of sp³-hybridized carbons (Fsp3) is 0.517. The first-order chi connectivity index (χ1) is 21.5. The summed E-state index contributed by atoms with van der Waals surface area (Å²) in [4.78, 5) is 31.5. The van der Waals surface area contributed by atoms with Crippen molar-refractivity contribution in [2.45, 2.75) is 91.7 Å². The minimum absolute atomic E-state index is 0.0894. The Morgan fingerprint density at radius 2 is 1.28 bits per heavy atom. The molecular weight excluding hydrogens is 717 g/mol. The van der Waals surface area contributed by atoms with E-state index >= 15 is 0 Å². The van der Waals surface area contributed by atoms with E-state index in [0.29, 0.717) is 52.6 Å². The summed E-state index contributed by atoms with van der Waals surface area (Å²) in [6.07, 6.45) is 0.677. The minimum atomic E-state index is -2.50. The van der Waals surface area contributed by atoms with E-state index in [4.69, 9.17) is 33.7 Å². The van der Waals surface area contributed by atoms with Crippen LogP contribution in [0, 0.1) is 17.9 Å². The van der Waals surface area contributed by atoms with Crippen molar-refractivity contribution in [1.82, 2.24) is 0 Å². The lowest BCUT2D eigenvalue weighted by molar-refractivity contribution is -0.139. The third kappa shape index (κ3) is 9.64. The van der Waals surface area contributed by atoms with Crippen LogP contribution in [0.1, 0.15) is 20.3 Å². The molecule has 250 valence electrons. The van der Waals surface area contributed by atoms with Crippen molar-refractivity contribution in [3.05, 3.63) is 31.2 Å². The zero-order valence-electron chi connectivity index (χ0n) is 27.8. The molecule has 0 unspecified atom stereocenters. The number of carbonyl (C=O) groups is 2. The Hall–Kier alpha value is -1.81. The average Bonchev–Trinajstić information content (AvgIpc) is 3.55. The molecule has 0 aromatic heterocycles. The maximum atomic E-state index is 12.6. The van der Waals surface area contributed by atoms with Crippen LogP contribution < -0.4 is 9.47 Å². The number of methoxy groups -OCH3 is 1. The molecule has 1 aromatic carbocycles. The molecule has 1 aromatic rings. The third-order valence-electron chi connectivity index (χ3n) is 5.86. The molecule has 10 nitrogen and oxygen atoms in total. The van der Waals surface area contributed by atoms with Gasteiger partial charge >= 0.3 is 20.5 Å². The van der Waals surface area contributed by atoms with Gasteiger partial charge in [0, 0.05) is 0 Å². The molecule has 0 saturated heterocycles. The Balaban J connectivity index is 2.06. The van der Waals surface area contributed by atoms with E-state index in [1.165, 1.54) is 54.2 Å². The molecule has 0 atom stereocenters. The number of rotatable bonds is 14. The highest BCUT2D eigenvalue weighted by Crippen LogP contribution is 2.68. The second kappa shape index (κ2) is 16.1. The van der Waals surface area contributed by atoms with Gasteiger partial charge in [0.2, 0.25) is 0 Å². The van der Waals surface area contributed by atoms with Crippen LogP contribution in [0.25, 0.3) is 4.85 Å². The van der Waals surface area contributed by atoms with Crippen LogP contribution in [0.3, 0.4) is 0 Å². The van der Waals surface area contributed by atoms with Gasteiger partial charge in [0.25, 0.3) is 5.70 Å². The van der Waals surface area contributed by atoms with E-state index in [9.17, 15) is 14.9 Å². The van der Waals surface area contributed by atoms with Gasteiger partial charge in [-0.3, -0.25) is 4.79 Å². The molecule has 2 aliphatic heterocycles. The molecule has 17 heteroatoms. The summed E-state index contributed by atoms with van der Waals surface area (Å²) in [5.41, 5.74) is -0.196. The molecule has 0 amide bonds. The highest BCUT2D eigenvalue weighted by Gasteiger charge is 2.41. The fourth-order valence-corrected chi connectivity index (χ4v) is 22.6. The van der Waals surface area contributed by atoms with Crippen molar-refractivity contribution in [3.8, 4) is 17.6 Å². The van der Waals surface area contributed by atoms with Crippen molar-refractivity contribution in [1.29, 1.82) is 5.26 Å². The first-order valence-electron chi connectivity index (χ1n) is 14.6. The molecule has 2 aliphatic rings. The molecule has 0 aliphatic carbocycles. The van der Waals surface area contributed by atoms with E-state index in [2.05, 4.69) is 50.7 Å². The Labute approximate surface area is 292 Å². The molecule has 46 heavy (non-hydrogen) atoms. The number of hydrogen-bond acceptors (Lipinski definition) is 13. The largest absolute Gasteiger partial charge is 0.494 e. The van der Waals surface area contributed by atoms with Gasteiger partial charge in [0.15, 0.2) is 22.2 Å². The monoisotopic (exact) mass is 756 g/mol. The van der Waals surface area contributed by atoms with Crippen LogP contribution in [-0.4, -0.2) is 64.1 Å². The van der Waals surface area contributed by atoms with Crippen LogP contribution in [0.2, 0.25) is 51.9 Å². The number of esters is 2. The molecular formula is C29H40N2O8S4Si3. The number of nitrogens with zero attached hydrogens (tertiary/aromatic N) is 2. The lowest BCUT2D eigenvalue weighted by Crippen LogP contribution is -2.52. The van der Waals surface area contributed by atoms with Gasteiger partial charge in [-0.25, -0.2) is 9.64 Å². The number of nitriles is 1. The Morgan fingerprint density at radius 1 is 0.804 bits per heavy atom. The first kappa shape index (κ1) is 38.6. The highest BCUT2D eigenvalue weighted by atomic mass is 32.2. The predicted molar refractivity (Wildman–Crippen MR) is 191 cm³/mol. The second-order valence-electron chi connectivity index (χ2n) is 12.1. The fourth-order valence-electron chi connectivity index (χ4n) is 4.65. The highest BCUT2D eigenvalue weighted by molar-refractivity contribution is 8.26. The average molecular weight is 757 g/mol. The van der Waals surface area contributed by atoms with Crippen LogP contribution >= 0.6 is 47.0 Å². The third-order valence-corrected chi connectivity index (χ3v) is 20.6.